The zero-order valence-electron chi connectivity index (χ0n) is 19.2. The van der Waals surface area contributed by atoms with Gasteiger partial charge in [-0.2, -0.15) is 0 Å². The predicted molar refractivity (Wildman–Crippen MR) is 129 cm³/mol. The van der Waals surface area contributed by atoms with Crippen LogP contribution in [0.2, 0.25) is 0 Å². The molecule has 0 bridgehead atoms. The molecule has 2 N–H and O–H groups in total. The van der Waals surface area contributed by atoms with E-state index in [-0.39, 0.29) is 42.8 Å². The van der Waals surface area contributed by atoms with Gasteiger partial charge >= 0.3 is 6.03 Å². The first-order valence-corrected chi connectivity index (χ1v) is 11.1. The van der Waals surface area contributed by atoms with Gasteiger partial charge in [0, 0.05) is 11.7 Å². The number of benzene rings is 3. The minimum Gasteiger partial charge on any atom is -0.349 e. The van der Waals surface area contributed by atoms with Gasteiger partial charge in [0.2, 0.25) is 5.91 Å². The number of carbonyl (C=O) groups excluding carboxylic acids is 2. The molecule has 1 atom stereocenters. The first kappa shape index (κ1) is 24.0. The van der Waals surface area contributed by atoms with Crippen molar-refractivity contribution in [2.75, 3.05) is 4.90 Å². The van der Waals surface area contributed by atoms with E-state index in [1.807, 2.05) is 75.4 Å². The lowest BCUT2D eigenvalue weighted by Gasteiger charge is -2.25. The van der Waals surface area contributed by atoms with E-state index in [1.165, 1.54) is 12.1 Å². The van der Waals surface area contributed by atoms with Gasteiger partial charge in [-0.3, -0.25) is 9.69 Å². The Bertz CT molecular complexity index is 1070. The second-order valence-electron chi connectivity index (χ2n) is 8.36. The molecular weight excluding hydrogens is 417 g/mol. The molecule has 0 aromatic heterocycles. The van der Waals surface area contributed by atoms with Crippen LogP contribution in [0.4, 0.5) is 14.9 Å². The number of rotatable bonds is 8. The molecule has 0 aliphatic carbocycles. The Morgan fingerprint density at radius 2 is 1.55 bits per heavy atom. The number of carbonyl (C=O) groups is 2. The molecule has 5 nitrogen and oxygen atoms in total. The largest absolute Gasteiger partial charge is 0.349 e. The molecule has 33 heavy (non-hydrogen) atoms. The van der Waals surface area contributed by atoms with E-state index in [0.29, 0.717) is 5.69 Å². The van der Waals surface area contributed by atoms with Crippen molar-refractivity contribution in [3.8, 4) is 0 Å². The number of hydrogen-bond donors (Lipinski definition) is 2. The quantitative estimate of drug-likeness (QED) is 0.488. The summed E-state index contributed by atoms with van der Waals surface area (Å²) in [6.07, 6.45) is 0.196. The molecule has 0 saturated heterocycles. The van der Waals surface area contributed by atoms with E-state index in [9.17, 15) is 14.0 Å². The topological polar surface area (TPSA) is 61.4 Å². The molecule has 0 fully saturated rings. The van der Waals surface area contributed by atoms with E-state index in [2.05, 4.69) is 10.6 Å². The van der Waals surface area contributed by atoms with E-state index in [0.717, 1.165) is 16.7 Å². The highest BCUT2D eigenvalue weighted by Crippen LogP contribution is 2.21. The van der Waals surface area contributed by atoms with Gasteiger partial charge in [0.15, 0.2) is 0 Å². The number of amides is 3. The van der Waals surface area contributed by atoms with Crippen molar-refractivity contribution in [1.82, 2.24) is 10.6 Å². The standard InChI is InChI=1S/C27H30FN3O2/c1-19(2)29-27(33)31(18-21-12-14-24(28)15-13-21)25-11-7-8-22(16-25)17-26(32)30-20(3)23-9-5-4-6-10-23/h4-16,19-20H,17-18H2,1-3H3,(H,29,33)(H,30,32). The summed E-state index contributed by atoms with van der Waals surface area (Å²) in [6.45, 7) is 6.01. The Kier molecular flexibility index (Phi) is 8.19. The van der Waals surface area contributed by atoms with Crippen molar-refractivity contribution in [2.24, 2.45) is 0 Å². The van der Waals surface area contributed by atoms with Gasteiger partial charge in [-0.15, -0.1) is 0 Å². The summed E-state index contributed by atoms with van der Waals surface area (Å²) in [5, 5.41) is 5.93. The summed E-state index contributed by atoms with van der Waals surface area (Å²) in [5.41, 5.74) is 3.30. The second kappa shape index (κ2) is 11.3. The number of urea groups is 1. The van der Waals surface area contributed by atoms with Crippen molar-refractivity contribution in [3.63, 3.8) is 0 Å². The van der Waals surface area contributed by atoms with Gasteiger partial charge in [-0.05, 0) is 61.7 Å². The minimum atomic E-state index is -0.324. The summed E-state index contributed by atoms with van der Waals surface area (Å²) < 4.78 is 13.3. The Hall–Kier alpha value is -3.67. The molecule has 0 aliphatic rings. The predicted octanol–water partition coefficient (Wildman–Crippen LogP) is 5.37. The summed E-state index contributed by atoms with van der Waals surface area (Å²) in [6, 6.07) is 22.8. The second-order valence-corrected chi connectivity index (χ2v) is 8.36. The van der Waals surface area contributed by atoms with Gasteiger partial charge < -0.3 is 10.6 Å². The lowest BCUT2D eigenvalue weighted by atomic mass is 10.1. The van der Waals surface area contributed by atoms with Crippen LogP contribution in [0.25, 0.3) is 0 Å². The SMILES string of the molecule is CC(C)NC(=O)N(Cc1ccc(F)cc1)c1cccc(CC(=O)NC(C)c2ccccc2)c1. The first-order valence-electron chi connectivity index (χ1n) is 11.1. The van der Waals surface area contributed by atoms with Crippen LogP contribution in [0.15, 0.2) is 78.9 Å². The van der Waals surface area contributed by atoms with Crippen LogP contribution in [0, 0.1) is 5.82 Å². The maximum absolute atomic E-state index is 13.3. The molecule has 3 rings (SSSR count). The number of anilines is 1. The van der Waals surface area contributed by atoms with Gasteiger partial charge in [0.1, 0.15) is 5.82 Å². The highest BCUT2D eigenvalue weighted by Gasteiger charge is 2.18. The van der Waals surface area contributed by atoms with Crippen molar-refractivity contribution in [2.45, 2.75) is 45.8 Å². The smallest absolute Gasteiger partial charge is 0.322 e. The molecule has 0 spiro atoms. The van der Waals surface area contributed by atoms with E-state index >= 15 is 0 Å². The Balaban J connectivity index is 1.75. The normalized spacial score (nSPS) is 11.7. The summed E-state index contributed by atoms with van der Waals surface area (Å²) in [4.78, 5) is 27.2. The summed E-state index contributed by atoms with van der Waals surface area (Å²) >= 11 is 0. The van der Waals surface area contributed by atoms with E-state index < -0.39 is 0 Å². The molecule has 172 valence electrons. The van der Waals surface area contributed by atoms with Gasteiger partial charge in [0.05, 0.1) is 19.0 Å². The maximum Gasteiger partial charge on any atom is 0.322 e. The van der Waals surface area contributed by atoms with Gasteiger partial charge in [-0.1, -0.05) is 54.6 Å². The van der Waals surface area contributed by atoms with E-state index in [1.54, 1.807) is 17.0 Å². The highest BCUT2D eigenvalue weighted by molar-refractivity contribution is 5.92. The van der Waals surface area contributed by atoms with Crippen LogP contribution in [0.3, 0.4) is 0 Å². The highest BCUT2D eigenvalue weighted by atomic mass is 19.1. The average molecular weight is 448 g/mol. The molecule has 1 unspecified atom stereocenters. The Morgan fingerprint density at radius 1 is 0.848 bits per heavy atom. The number of hydrogen-bond acceptors (Lipinski definition) is 2. The van der Waals surface area contributed by atoms with Crippen LogP contribution < -0.4 is 15.5 Å². The zero-order valence-corrected chi connectivity index (χ0v) is 19.2. The number of nitrogens with one attached hydrogen (secondary N) is 2. The molecule has 0 aliphatic heterocycles. The monoisotopic (exact) mass is 447 g/mol. The molecule has 0 radical (unpaired) electrons. The van der Waals surface area contributed by atoms with Crippen LogP contribution in [-0.2, 0) is 17.8 Å². The van der Waals surface area contributed by atoms with Gasteiger partial charge in [0.25, 0.3) is 0 Å². The van der Waals surface area contributed by atoms with E-state index in [4.69, 9.17) is 0 Å². The third-order valence-corrected chi connectivity index (χ3v) is 5.18. The van der Waals surface area contributed by atoms with Crippen LogP contribution >= 0.6 is 0 Å². The molecule has 0 heterocycles. The summed E-state index contributed by atoms with van der Waals surface area (Å²) in [7, 11) is 0. The number of halogens is 1. The molecule has 0 saturated carbocycles. The summed E-state index contributed by atoms with van der Waals surface area (Å²) in [5.74, 6) is -0.421. The molecule has 6 heteroatoms. The average Bonchev–Trinajstić information content (AvgIpc) is 2.78. The fourth-order valence-corrected chi connectivity index (χ4v) is 3.51. The van der Waals surface area contributed by atoms with Crippen LogP contribution in [0.1, 0.15) is 43.5 Å². The Labute approximate surface area is 194 Å². The van der Waals surface area contributed by atoms with Crippen LogP contribution in [0.5, 0.6) is 0 Å². The Morgan fingerprint density at radius 3 is 2.21 bits per heavy atom. The minimum absolute atomic E-state index is 0.0401. The van der Waals surface area contributed by atoms with Crippen molar-refractivity contribution < 1.29 is 14.0 Å². The zero-order chi connectivity index (χ0) is 23.8. The number of nitrogens with zero attached hydrogens (tertiary/aromatic N) is 1. The third kappa shape index (κ3) is 7.17. The molecular formula is C27H30FN3O2. The lowest BCUT2D eigenvalue weighted by Crippen LogP contribution is -2.42. The third-order valence-electron chi connectivity index (χ3n) is 5.18. The van der Waals surface area contributed by atoms with Crippen LogP contribution in [-0.4, -0.2) is 18.0 Å². The molecule has 3 aromatic carbocycles. The van der Waals surface area contributed by atoms with Crippen molar-refractivity contribution in [3.05, 3.63) is 101 Å². The fraction of sp³-hybridized carbons (Fsp3) is 0.259. The fourth-order valence-electron chi connectivity index (χ4n) is 3.51. The van der Waals surface area contributed by atoms with Crippen molar-refractivity contribution in [1.29, 1.82) is 0 Å². The first-order chi connectivity index (χ1) is 15.8. The molecule has 3 aromatic rings. The van der Waals surface area contributed by atoms with Crippen molar-refractivity contribution >= 4 is 17.6 Å². The maximum atomic E-state index is 13.3. The molecule has 3 amide bonds. The van der Waals surface area contributed by atoms with Gasteiger partial charge in [-0.25, -0.2) is 9.18 Å². The lowest BCUT2D eigenvalue weighted by molar-refractivity contribution is -0.121.